The minimum atomic E-state index is -0.519. The first-order chi connectivity index (χ1) is 7.50. The number of hydrogen-bond acceptors (Lipinski definition) is 2. The first-order valence-corrected chi connectivity index (χ1v) is 6.76. The molecule has 2 rings (SSSR count). The summed E-state index contributed by atoms with van der Waals surface area (Å²) in [5.74, 6) is 0.582. The fraction of sp³-hybridized carbons (Fsp3) is 0.833. The van der Waals surface area contributed by atoms with Gasteiger partial charge in [-0.2, -0.15) is 0 Å². The van der Waals surface area contributed by atoms with Crippen LogP contribution in [-0.4, -0.2) is 16.1 Å². The maximum absolute atomic E-state index is 6.33. The number of hydrogen-bond donors (Lipinski definition) is 0. The zero-order valence-electron chi connectivity index (χ0n) is 9.88. The quantitative estimate of drug-likeness (QED) is 0.546. The van der Waals surface area contributed by atoms with E-state index in [1.165, 1.54) is 32.1 Å². The summed E-state index contributed by atoms with van der Waals surface area (Å²) in [5.41, 5.74) is 0. The van der Waals surface area contributed by atoms with E-state index in [2.05, 4.69) is 0 Å². The van der Waals surface area contributed by atoms with Crippen LogP contribution in [0.3, 0.4) is 0 Å². The second-order valence-corrected chi connectivity index (χ2v) is 6.55. The molecule has 0 amide bonds. The van der Waals surface area contributed by atoms with Crippen LogP contribution in [0.1, 0.15) is 46.0 Å². The fourth-order valence-corrected chi connectivity index (χ4v) is 3.13. The predicted molar refractivity (Wildman–Crippen MR) is 67.2 cm³/mol. The van der Waals surface area contributed by atoms with Crippen molar-refractivity contribution in [3.8, 4) is 0 Å². The molecule has 1 fully saturated rings. The van der Waals surface area contributed by atoms with E-state index in [-0.39, 0.29) is 6.04 Å². The van der Waals surface area contributed by atoms with Gasteiger partial charge in [-0.25, -0.2) is 0 Å². The summed E-state index contributed by atoms with van der Waals surface area (Å²) in [6.45, 7) is 3.88. The highest BCUT2D eigenvalue weighted by atomic mass is 35.5. The molecule has 0 N–H and O–H groups in total. The molecule has 2 nitrogen and oxygen atoms in total. The fourth-order valence-electron chi connectivity index (χ4n) is 2.68. The van der Waals surface area contributed by atoms with Gasteiger partial charge in [-0.05, 0) is 32.6 Å². The Labute approximate surface area is 107 Å². The molecule has 1 saturated carbocycles. The molecule has 1 heterocycles. The summed E-state index contributed by atoms with van der Waals surface area (Å²) in [4.78, 5) is 4.98. The molecule has 0 spiro atoms. The third-order valence-corrected chi connectivity index (χ3v) is 3.91. The van der Waals surface area contributed by atoms with Crippen LogP contribution in [0, 0.1) is 5.92 Å². The number of halogens is 2. The van der Waals surface area contributed by atoms with Gasteiger partial charge in [0.25, 0.3) is 0 Å². The SMILES string of the molecule is CC(C)(Cl)N1OC=C(Cl)C1C1CCCCC1. The summed E-state index contributed by atoms with van der Waals surface area (Å²) < 4.78 is 0. The number of nitrogens with zero attached hydrogens (tertiary/aromatic N) is 1. The van der Waals surface area contributed by atoms with Crippen LogP contribution in [0.25, 0.3) is 0 Å². The lowest BCUT2D eigenvalue weighted by Crippen LogP contribution is -2.46. The zero-order valence-corrected chi connectivity index (χ0v) is 11.4. The topological polar surface area (TPSA) is 12.5 Å². The molecule has 0 aromatic carbocycles. The lowest BCUT2D eigenvalue weighted by atomic mass is 9.83. The van der Waals surface area contributed by atoms with Crippen LogP contribution < -0.4 is 0 Å². The Morgan fingerprint density at radius 3 is 2.50 bits per heavy atom. The van der Waals surface area contributed by atoms with Crippen LogP contribution in [0.2, 0.25) is 0 Å². The molecule has 1 aliphatic carbocycles. The van der Waals surface area contributed by atoms with Crippen LogP contribution in [0.4, 0.5) is 0 Å². The van der Waals surface area contributed by atoms with Crippen molar-refractivity contribution in [3.05, 3.63) is 11.3 Å². The molecule has 2 aliphatic rings. The van der Waals surface area contributed by atoms with Gasteiger partial charge in [0.1, 0.15) is 11.3 Å². The second kappa shape index (κ2) is 4.75. The van der Waals surface area contributed by atoms with E-state index in [1.54, 1.807) is 6.26 Å². The van der Waals surface area contributed by atoms with E-state index < -0.39 is 5.00 Å². The minimum Gasteiger partial charge on any atom is -0.410 e. The molecule has 0 radical (unpaired) electrons. The molecule has 1 unspecified atom stereocenters. The van der Waals surface area contributed by atoms with Crippen molar-refractivity contribution in [3.63, 3.8) is 0 Å². The summed E-state index contributed by atoms with van der Waals surface area (Å²) in [6.07, 6.45) is 8.01. The van der Waals surface area contributed by atoms with Gasteiger partial charge in [-0.1, -0.05) is 42.5 Å². The Kier molecular flexibility index (Phi) is 3.72. The van der Waals surface area contributed by atoms with Crippen molar-refractivity contribution >= 4 is 23.2 Å². The Hall–Kier alpha value is 0.0800. The smallest absolute Gasteiger partial charge is 0.128 e. The zero-order chi connectivity index (χ0) is 11.8. The van der Waals surface area contributed by atoms with Gasteiger partial charge in [0.15, 0.2) is 0 Å². The predicted octanol–water partition coefficient (Wildman–Crippen LogP) is 4.24. The van der Waals surface area contributed by atoms with Crippen molar-refractivity contribution in [2.75, 3.05) is 0 Å². The number of hydroxylamine groups is 2. The van der Waals surface area contributed by atoms with E-state index in [9.17, 15) is 0 Å². The van der Waals surface area contributed by atoms with Gasteiger partial charge in [0.05, 0.1) is 11.1 Å². The molecule has 16 heavy (non-hydrogen) atoms. The minimum absolute atomic E-state index is 0.148. The van der Waals surface area contributed by atoms with E-state index in [0.717, 1.165) is 5.03 Å². The highest BCUT2D eigenvalue weighted by Gasteiger charge is 2.42. The number of rotatable bonds is 2. The third kappa shape index (κ3) is 2.49. The van der Waals surface area contributed by atoms with E-state index in [0.29, 0.717) is 5.92 Å². The molecule has 1 aliphatic heterocycles. The average molecular weight is 264 g/mol. The van der Waals surface area contributed by atoms with Crippen LogP contribution in [-0.2, 0) is 4.84 Å². The van der Waals surface area contributed by atoms with E-state index in [4.69, 9.17) is 28.0 Å². The van der Waals surface area contributed by atoms with Gasteiger partial charge < -0.3 is 4.84 Å². The maximum Gasteiger partial charge on any atom is 0.128 e. The molecule has 0 aromatic heterocycles. The lowest BCUT2D eigenvalue weighted by Gasteiger charge is -2.38. The Balaban J connectivity index is 2.12. The van der Waals surface area contributed by atoms with E-state index in [1.807, 2.05) is 18.9 Å². The standard InChI is InChI=1S/C12H19Cl2NO/c1-12(2,14)15-11(10(13)8-16-15)9-6-4-3-5-7-9/h8-9,11H,3-7H2,1-2H3. The Bertz CT molecular complexity index is 279. The van der Waals surface area contributed by atoms with E-state index >= 15 is 0 Å². The maximum atomic E-state index is 6.33. The Morgan fingerprint density at radius 2 is 1.94 bits per heavy atom. The van der Waals surface area contributed by atoms with Gasteiger partial charge in [-0.15, -0.1) is 5.06 Å². The first-order valence-electron chi connectivity index (χ1n) is 6.01. The highest BCUT2D eigenvalue weighted by Crippen LogP contribution is 2.41. The van der Waals surface area contributed by atoms with Crippen LogP contribution in [0.15, 0.2) is 11.3 Å². The summed E-state index contributed by atoms with van der Waals surface area (Å²) >= 11 is 12.6. The average Bonchev–Trinajstić information content (AvgIpc) is 2.61. The highest BCUT2D eigenvalue weighted by molar-refractivity contribution is 6.30. The summed E-state index contributed by atoms with van der Waals surface area (Å²) in [7, 11) is 0. The monoisotopic (exact) mass is 263 g/mol. The largest absolute Gasteiger partial charge is 0.410 e. The normalized spacial score (nSPS) is 29.0. The van der Waals surface area contributed by atoms with Crippen LogP contribution >= 0.6 is 23.2 Å². The molecule has 92 valence electrons. The number of alkyl halides is 1. The van der Waals surface area contributed by atoms with Crippen LogP contribution in [0.5, 0.6) is 0 Å². The second-order valence-electron chi connectivity index (χ2n) is 5.19. The van der Waals surface area contributed by atoms with Crippen molar-refractivity contribution in [1.29, 1.82) is 0 Å². The molecular weight excluding hydrogens is 245 g/mol. The first kappa shape index (κ1) is 12.5. The molecule has 0 saturated heterocycles. The molecule has 4 heteroatoms. The molecular formula is C12H19Cl2NO. The molecule has 0 bridgehead atoms. The van der Waals surface area contributed by atoms with Gasteiger partial charge in [0, 0.05) is 0 Å². The van der Waals surface area contributed by atoms with Gasteiger partial charge >= 0.3 is 0 Å². The summed E-state index contributed by atoms with van der Waals surface area (Å²) in [6, 6.07) is 0.148. The van der Waals surface area contributed by atoms with Gasteiger partial charge in [0.2, 0.25) is 0 Å². The van der Waals surface area contributed by atoms with Crippen molar-refractivity contribution < 1.29 is 4.84 Å². The van der Waals surface area contributed by atoms with Crippen molar-refractivity contribution in [1.82, 2.24) is 5.06 Å². The molecule has 1 atom stereocenters. The molecule has 0 aromatic rings. The van der Waals surface area contributed by atoms with Crippen molar-refractivity contribution in [2.45, 2.75) is 57.0 Å². The Morgan fingerprint density at radius 1 is 1.31 bits per heavy atom. The van der Waals surface area contributed by atoms with Crippen molar-refractivity contribution in [2.24, 2.45) is 5.92 Å². The lowest BCUT2D eigenvalue weighted by molar-refractivity contribution is -0.156. The third-order valence-electron chi connectivity index (χ3n) is 3.43. The van der Waals surface area contributed by atoms with Gasteiger partial charge in [-0.3, -0.25) is 0 Å². The summed E-state index contributed by atoms with van der Waals surface area (Å²) in [5, 5.41) is 2.63.